The fraction of sp³-hybridized carbons (Fsp3) is 0.684. The van der Waals surface area contributed by atoms with E-state index in [1.807, 2.05) is 0 Å². The van der Waals surface area contributed by atoms with E-state index in [0.717, 1.165) is 5.88 Å². The van der Waals surface area contributed by atoms with Gasteiger partial charge in [-0.05, 0) is 43.2 Å². The average molecular weight is 295 g/mol. The molecule has 0 radical (unpaired) electrons. The van der Waals surface area contributed by atoms with Crippen LogP contribution in [0.5, 0.6) is 0 Å². The first-order chi connectivity index (χ1) is 9.86. The zero-order valence-corrected chi connectivity index (χ0v) is 13.9. The molecule has 0 aliphatic rings. The van der Waals surface area contributed by atoms with Gasteiger partial charge in [0.25, 0.3) is 0 Å². The second kappa shape index (κ2) is 12.3. The van der Waals surface area contributed by atoms with Crippen molar-refractivity contribution in [3.63, 3.8) is 0 Å². The van der Waals surface area contributed by atoms with Gasteiger partial charge in [-0.15, -0.1) is 11.6 Å². The average Bonchev–Trinajstić information content (AvgIpc) is 2.48. The lowest BCUT2D eigenvalue weighted by atomic mass is 10.0. The molecule has 0 nitrogen and oxygen atoms in total. The van der Waals surface area contributed by atoms with Crippen molar-refractivity contribution >= 4 is 11.6 Å². The van der Waals surface area contributed by atoms with E-state index in [-0.39, 0.29) is 0 Å². The second-order valence-corrected chi connectivity index (χ2v) is 6.21. The summed E-state index contributed by atoms with van der Waals surface area (Å²) in [5.74, 6) is 0.812. The second-order valence-electron chi connectivity index (χ2n) is 5.83. The molecule has 0 aromatic heterocycles. The quantitative estimate of drug-likeness (QED) is 0.303. The Bertz CT molecular complexity index is 282. The highest BCUT2D eigenvalue weighted by molar-refractivity contribution is 6.17. The van der Waals surface area contributed by atoms with E-state index in [2.05, 4.69) is 31.2 Å². The van der Waals surface area contributed by atoms with Crippen LogP contribution in [0, 0.1) is 0 Å². The Labute approximate surface area is 130 Å². The molecule has 0 aliphatic heterocycles. The van der Waals surface area contributed by atoms with E-state index < -0.39 is 0 Å². The zero-order chi connectivity index (χ0) is 14.5. The van der Waals surface area contributed by atoms with E-state index in [4.69, 9.17) is 11.6 Å². The summed E-state index contributed by atoms with van der Waals surface area (Å²) in [6.07, 6.45) is 14.4. The van der Waals surface area contributed by atoms with Gasteiger partial charge in [-0.1, -0.05) is 69.7 Å². The monoisotopic (exact) mass is 294 g/mol. The van der Waals surface area contributed by atoms with Crippen LogP contribution in [0.4, 0.5) is 0 Å². The van der Waals surface area contributed by atoms with Crippen LogP contribution < -0.4 is 0 Å². The number of aryl methyl sites for hydroxylation is 2. The molecular weight excluding hydrogens is 264 g/mol. The molecule has 0 fully saturated rings. The van der Waals surface area contributed by atoms with Gasteiger partial charge in [-0.3, -0.25) is 0 Å². The number of hydrogen-bond donors (Lipinski definition) is 0. The van der Waals surface area contributed by atoms with Crippen LogP contribution in [0.1, 0.15) is 75.8 Å². The van der Waals surface area contributed by atoms with Crippen molar-refractivity contribution in [2.75, 3.05) is 5.88 Å². The fourth-order valence-electron chi connectivity index (χ4n) is 2.58. The van der Waals surface area contributed by atoms with Gasteiger partial charge in [0.2, 0.25) is 0 Å². The fourth-order valence-corrected chi connectivity index (χ4v) is 2.77. The standard InChI is InChI=1S/C19H31Cl/c1-2-3-4-5-8-11-18-13-15-19(16-14-18)12-9-6-7-10-17-20/h13-16H,2-12,17H2,1H3. The molecule has 0 unspecified atom stereocenters. The minimum atomic E-state index is 0.812. The Balaban J connectivity index is 2.13. The highest BCUT2D eigenvalue weighted by atomic mass is 35.5. The van der Waals surface area contributed by atoms with E-state index in [1.165, 1.54) is 81.8 Å². The number of rotatable bonds is 12. The predicted octanol–water partition coefficient (Wildman–Crippen LogP) is 6.54. The van der Waals surface area contributed by atoms with Crippen molar-refractivity contribution in [1.82, 2.24) is 0 Å². The minimum Gasteiger partial charge on any atom is -0.127 e. The lowest BCUT2D eigenvalue weighted by Gasteiger charge is -2.05. The van der Waals surface area contributed by atoms with Crippen molar-refractivity contribution < 1.29 is 0 Å². The molecule has 1 aromatic carbocycles. The summed E-state index contributed by atoms with van der Waals surface area (Å²) in [5, 5.41) is 0. The molecule has 0 N–H and O–H groups in total. The molecule has 0 spiro atoms. The SMILES string of the molecule is CCCCCCCc1ccc(CCCCCCCl)cc1. The van der Waals surface area contributed by atoms with Gasteiger partial charge in [0, 0.05) is 5.88 Å². The molecule has 0 saturated carbocycles. The lowest BCUT2D eigenvalue weighted by molar-refractivity contribution is 0.632. The predicted molar refractivity (Wildman–Crippen MR) is 91.8 cm³/mol. The topological polar surface area (TPSA) is 0 Å². The van der Waals surface area contributed by atoms with Crippen LogP contribution in [0.15, 0.2) is 24.3 Å². The summed E-state index contributed by atoms with van der Waals surface area (Å²) < 4.78 is 0. The van der Waals surface area contributed by atoms with Crippen LogP contribution in [0.25, 0.3) is 0 Å². The summed E-state index contributed by atoms with van der Waals surface area (Å²) in [6.45, 7) is 2.27. The molecule has 0 bridgehead atoms. The molecule has 0 aliphatic carbocycles. The number of halogens is 1. The van der Waals surface area contributed by atoms with E-state index in [9.17, 15) is 0 Å². The summed E-state index contributed by atoms with van der Waals surface area (Å²) in [4.78, 5) is 0. The van der Waals surface area contributed by atoms with Crippen molar-refractivity contribution in [3.8, 4) is 0 Å². The van der Waals surface area contributed by atoms with Crippen LogP contribution >= 0.6 is 11.6 Å². The Morgan fingerprint density at radius 3 is 1.55 bits per heavy atom. The Morgan fingerprint density at radius 2 is 1.10 bits per heavy atom. The maximum atomic E-state index is 5.68. The Kier molecular flexibility index (Phi) is 10.8. The van der Waals surface area contributed by atoms with Crippen molar-refractivity contribution in [1.29, 1.82) is 0 Å². The molecule has 0 amide bonds. The van der Waals surface area contributed by atoms with E-state index in [0.29, 0.717) is 0 Å². The lowest BCUT2D eigenvalue weighted by Crippen LogP contribution is -1.90. The third-order valence-corrected chi connectivity index (χ3v) is 4.21. The molecule has 1 rings (SSSR count). The largest absolute Gasteiger partial charge is 0.127 e. The van der Waals surface area contributed by atoms with Gasteiger partial charge >= 0.3 is 0 Å². The summed E-state index contributed by atoms with van der Waals surface area (Å²) in [5.41, 5.74) is 3.00. The maximum absolute atomic E-state index is 5.68. The van der Waals surface area contributed by atoms with Gasteiger partial charge in [0.15, 0.2) is 0 Å². The number of unbranched alkanes of at least 4 members (excludes halogenated alkanes) is 7. The molecule has 1 aromatic rings. The van der Waals surface area contributed by atoms with Gasteiger partial charge in [0.05, 0.1) is 0 Å². The smallest absolute Gasteiger partial charge is 0.0223 e. The van der Waals surface area contributed by atoms with Crippen LogP contribution in [0.2, 0.25) is 0 Å². The first-order valence-corrected chi connectivity index (χ1v) is 9.04. The molecule has 0 heterocycles. The van der Waals surface area contributed by atoms with Crippen molar-refractivity contribution in [3.05, 3.63) is 35.4 Å². The number of hydrogen-bond acceptors (Lipinski definition) is 0. The van der Waals surface area contributed by atoms with Gasteiger partial charge in [-0.2, -0.15) is 0 Å². The van der Waals surface area contributed by atoms with Gasteiger partial charge < -0.3 is 0 Å². The first kappa shape index (κ1) is 17.6. The third-order valence-electron chi connectivity index (χ3n) is 3.94. The van der Waals surface area contributed by atoms with Gasteiger partial charge in [0.1, 0.15) is 0 Å². The summed E-state index contributed by atoms with van der Waals surface area (Å²) in [7, 11) is 0. The Hall–Kier alpha value is -0.490. The van der Waals surface area contributed by atoms with Crippen molar-refractivity contribution in [2.24, 2.45) is 0 Å². The van der Waals surface area contributed by atoms with E-state index >= 15 is 0 Å². The molecule has 0 saturated heterocycles. The maximum Gasteiger partial charge on any atom is 0.0223 e. The van der Waals surface area contributed by atoms with Crippen molar-refractivity contribution in [2.45, 2.75) is 77.6 Å². The normalized spacial score (nSPS) is 10.9. The molecule has 0 atom stereocenters. The highest BCUT2D eigenvalue weighted by Crippen LogP contribution is 2.13. The molecular formula is C19H31Cl. The number of benzene rings is 1. The molecule has 20 heavy (non-hydrogen) atoms. The van der Waals surface area contributed by atoms with Crippen LogP contribution in [-0.2, 0) is 12.8 Å². The minimum absolute atomic E-state index is 0.812. The Morgan fingerprint density at radius 1 is 0.650 bits per heavy atom. The highest BCUT2D eigenvalue weighted by Gasteiger charge is 1.97. The summed E-state index contributed by atoms with van der Waals surface area (Å²) >= 11 is 5.68. The first-order valence-electron chi connectivity index (χ1n) is 8.50. The van der Waals surface area contributed by atoms with E-state index in [1.54, 1.807) is 0 Å². The molecule has 114 valence electrons. The molecule has 1 heteroatoms. The third kappa shape index (κ3) is 8.64. The van der Waals surface area contributed by atoms with Crippen LogP contribution in [0.3, 0.4) is 0 Å². The van der Waals surface area contributed by atoms with Crippen LogP contribution in [-0.4, -0.2) is 5.88 Å². The summed E-state index contributed by atoms with van der Waals surface area (Å²) in [6, 6.07) is 9.30. The van der Waals surface area contributed by atoms with Gasteiger partial charge in [-0.25, -0.2) is 0 Å². The number of alkyl halides is 1. The zero-order valence-electron chi connectivity index (χ0n) is 13.2.